The fourth-order valence-corrected chi connectivity index (χ4v) is 4.73. The third-order valence-electron chi connectivity index (χ3n) is 6.89. The van der Waals surface area contributed by atoms with Gasteiger partial charge in [-0.2, -0.15) is 0 Å². The first-order valence-electron chi connectivity index (χ1n) is 14.3. The molecular formula is C30H57ClN2. The molecule has 2 nitrogen and oxygen atoms in total. The molecule has 0 aliphatic heterocycles. The normalized spacial score (nSPS) is 12.1. The number of quaternary nitrogens is 1. The lowest BCUT2D eigenvalue weighted by atomic mass is 10.0. The van der Waals surface area contributed by atoms with Gasteiger partial charge in [0.15, 0.2) is 0 Å². The lowest BCUT2D eigenvalue weighted by Gasteiger charge is -2.18. The second kappa shape index (κ2) is 24.6. The molecule has 0 aromatic heterocycles. The minimum atomic E-state index is 0. The van der Waals surface area contributed by atoms with Crippen molar-refractivity contribution >= 4 is 0 Å². The fourth-order valence-electron chi connectivity index (χ4n) is 4.73. The number of nitrogens with zero attached hydrogens (tertiary/aromatic N) is 1. The number of rotatable bonds is 23. The highest BCUT2D eigenvalue weighted by atomic mass is 35.5. The molecule has 0 bridgehead atoms. The van der Waals surface area contributed by atoms with E-state index < -0.39 is 0 Å². The summed E-state index contributed by atoms with van der Waals surface area (Å²) in [6.07, 6.45) is 24.5. The molecule has 0 fully saturated rings. The van der Waals surface area contributed by atoms with Gasteiger partial charge in [-0.3, -0.25) is 0 Å². The number of nitrogens with one attached hydrogen (secondary N) is 1. The second-order valence-corrected chi connectivity index (χ2v) is 10.3. The molecule has 1 N–H and O–H groups in total. The average molecular weight is 481 g/mol. The quantitative estimate of drug-likeness (QED) is 0.229. The molecule has 1 aromatic carbocycles. The number of hydrogen-bond acceptors (Lipinski definition) is 1. The molecular weight excluding hydrogens is 424 g/mol. The van der Waals surface area contributed by atoms with Crippen LogP contribution in [0, 0.1) is 0 Å². The maximum Gasteiger partial charge on any atom is 0.103 e. The van der Waals surface area contributed by atoms with Crippen LogP contribution in [0.5, 0.6) is 0 Å². The van der Waals surface area contributed by atoms with E-state index in [-0.39, 0.29) is 12.4 Å². The van der Waals surface area contributed by atoms with Crippen LogP contribution in [0.15, 0.2) is 30.3 Å². The summed E-state index contributed by atoms with van der Waals surface area (Å²) in [6.45, 7) is 7.22. The summed E-state index contributed by atoms with van der Waals surface area (Å²) in [5.74, 6) is 0. The summed E-state index contributed by atoms with van der Waals surface area (Å²) < 4.78 is 0. The van der Waals surface area contributed by atoms with Crippen LogP contribution in [0.2, 0.25) is 0 Å². The first kappa shape index (κ1) is 32.4. The molecule has 33 heavy (non-hydrogen) atoms. The monoisotopic (exact) mass is 480 g/mol. The van der Waals surface area contributed by atoms with E-state index in [4.69, 9.17) is 0 Å². The van der Waals surface area contributed by atoms with Gasteiger partial charge in [0.1, 0.15) is 6.54 Å². The van der Waals surface area contributed by atoms with E-state index in [1.807, 2.05) is 0 Å². The van der Waals surface area contributed by atoms with Gasteiger partial charge in [-0.1, -0.05) is 134 Å². The molecule has 0 heterocycles. The van der Waals surface area contributed by atoms with Crippen LogP contribution in [-0.2, 0) is 6.54 Å². The molecule has 3 heteroatoms. The van der Waals surface area contributed by atoms with E-state index in [9.17, 15) is 0 Å². The van der Waals surface area contributed by atoms with Gasteiger partial charge in [0.25, 0.3) is 0 Å². The number of benzene rings is 1. The van der Waals surface area contributed by atoms with Crippen LogP contribution in [0.1, 0.15) is 122 Å². The van der Waals surface area contributed by atoms with Gasteiger partial charge in [0, 0.05) is 18.5 Å². The molecule has 1 unspecified atom stereocenters. The van der Waals surface area contributed by atoms with Gasteiger partial charge in [0.05, 0.1) is 13.6 Å². The van der Waals surface area contributed by atoms with Crippen LogP contribution in [0.3, 0.4) is 0 Å². The Morgan fingerprint density at radius 2 is 1.03 bits per heavy atom. The van der Waals surface area contributed by atoms with Gasteiger partial charge >= 0.3 is 0 Å². The lowest BCUT2D eigenvalue weighted by molar-refractivity contribution is -0.893. The van der Waals surface area contributed by atoms with Crippen LogP contribution in [0.4, 0.5) is 0 Å². The van der Waals surface area contributed by atoms with E-state index in [1.54, 1.807) is 4.90 Å². The van der Waals surface area contributed by atoms with Gasteiger partial charge in [-0.05, 0) is 20.0 Å². The summed E-state index contributed by atoms with van der Waals surface area (Å²) in [6, 6.07) is 10.9. The summed E-state index contributed by atoms with van der Waals surface area (Å²) >= 11 is 0. The smallest absolute Gasteiger partial charge is 0.103 e. The second-order valence-electron chi connectivity index (χ2n) is 10.3. The Balaban J connectivity index is 0.0000102. The average Bonchev–Trinajstić information content (AvgIpc) is 2.79. The SMILES string of the molecule is CCCCCCCCCCCCCCCCCCN(C)CCC[NH+](C)Cc1ccccc1.[Cl-]. The number of unbranched alkanes of at least 4 members (excludes halogenated alkanes) is 15. The Hall–Kier alpha value is -0.570. The summed E-state index contributed by atoms with van der Waals surface area (Å²) in [5.41, 5.74) is 1.45. The molecule has 1 aromatic rings. The highest BCUT2D eigenvalue weighted by molar-refractivity contribution is 5.13. The van der Waals surface area contributed by atoms with E-state index >= 15 is 0 Å². The van der Waals surface area contributed by atoms with Crippen molar-refractivity contribution in [3.8, 4) is 0 Å². The summed E-state index contributed by atoms with van der Waals surface area (Å²) in [5, 5.41) is 0. The van der Waals surface area contributed by atoms with Crippen LogP contribution < -0.4 is 17.3 Å². The van der Waals surface area contributed by atoms with Crippen molar-refractivity contribution in [2.75, 3.05) is 33.7 Å². The Kier molecular flexibility index (Phi) is 24.1. The zero-order valence-corrected chi connectivity index (χ0v) is 23.3. The van der Waals surface area contributed by atoms with Crippen molar-refractivity contribution in [2.45, 2.75) is 123 Å². The van der Waals surface area contributed by atoms with Gasteiger partial charge in [-0.15, -0.1) is 0 Å². The molecule has 194 valence electrons. The predicted molar refractivity (Wildman–Crippen MR) is 144 cm³/mol. The zero-order chi connectivity index (χ0) is 23.1. The van der Waals surface area contributed by atoms with E-state index in [0.29, 0.717) is 0 Å². The topological polar surface area (TPSA) is 7.68 Å². The molecule has 0 radical (unpaired) electrons. The number of halogens is 1. The van der Waals surface area contributed by atoms with E-state index in [1.165, 1.54) is 134 Å². The highest BCUT2D eigenvalue weighted by Gasteiger charge is 2.05. The van der Waals surface area contributed by atoms with E-state index in [2.05, 4.69) is 56.3 Å². The minimum Gasteiger partial charge on any atom is -1.00 e. The standard InChI is InChI=1S/C30H56N2.ClH/c1-4-5-6-7-8-9-10-11-12-13-14-15-16-17-18-22-26-31(2)27-23-28-32(3)29-30-24-20-19-21-25-30;/h19-21,24-25H,4-18,22-23,26-29H2,1-3H3;1H. The predicted octanol–water partition coefficient (Wildman–Crippen LogP) is 4.29. The Bertz CT molecular complexity index is 493. The molecule has 1 atom stereocenters. The molecule has 0 aliphatic rings. The molecule has 0 aliphatic carbocycles. The molecule has 1 rings (SSSR count). The first-order chi connectivity index (χ1) is 15.7. The van der Waals surface area contributed by atoms with Gasteiger partial charge in [-0.25, -0.2) is 0 Å². The molecule has 0 saturated carbocycles. The Morgan fingerprint density at radius 3 is 1.52 bits per heavy atom. The summed E-state index contributed by atoms with van der Waals surface area (Å²) in [7, 11) is 4.63. The zero-order valence-electron chi connectivity index (χ0n) is 22.6. The number of hydrogen-bond donors (Lipinski definition) is 1. The van der Waals surface area contributed by atoms with Crippen molar-refractivity contribution < 1.29 is 17.3 Å². The van der Waals surface area contributed by atoms with Gasteiger partial charge < -0.3 is 22.2 Å². The third kappa shape index (κ3) is 21.7. The van der Waals surface area contributed by atoms with Crippen molar-refractivity contribution in [3.63, 3.8) is 0 Å². The van der Waals surface area contributed by atoms with Gasteiger partial charge in [0.2, 0.25) is 0 Å². The lowest BCUT2D eigenvalue weighted by Crippen LogP contribution is -3.07. The summed E-state index contributed by atoms with van der Waals surface area (Å²) in [4.78, 5) is 4.16. The molecule has 0 spiro atoms. The maximum atomic E-state index is 2.54. The van der Waals surface area contributed by atoms with Crippen LogP contribution in [-0.4, -0.2) is 38.6 Å². The van der Waals surface area contributed by atoms with Crippen LogP contribution >= 0.6 is 0 Å². The van der Waals surface area contributed by atoms with Crippen LogP contribution in [0.25, 0.3) is 0 Å². The van der Waals surface area contributed by atoms with Crippen molar-refractivity contribution in [3.05, 3.63) is 35.9 Å². The first-order valence-corrected chi connectivity index (χ1v) is 14.3. The van der Waals surface area contributed by atoms with E-state index in [0.717, 1.165) is 6.54 Å². The molecule has 0 amide bonds. The van der Waals surface area contributed by atoms with Crippen molar-refractivity contribution in [2.24, 2.45) is 0 Å². The van der Waals surface area contributed by atoms with Crippen molar-refractivity contribution in [1.82, 2.24) is 4.90 Å². The Morgan fingerprint density at radius 1 is 0.606 bits per heavy atom. The largest absolute Gasteiger partial charge is 1.00 e. The Labute approximate surface area is 214 Å². The highest BCUT2D eigenvalue weighted by Crippen LogP contribution is 2.13. The molecule has 0 saturated heterocycles. The van der Waals surface area contributed by atoms with Crippen molar-refractivity contribution in [1.29, 1.82) is 0 Å². The minimum absolute atomic E-state index is 0. The third-order valence-corrected chi connectivity index (χ3v) is 6.89. The fraction of sp³-hybridized carbons (Fsp3) is 0.800. The maximum absolute atomic E-state index is 2.54.